The first-order valence-electron chi connectivity index (χ1n) is 6.92. The van der Waals surface area contributed by atoms with Gasteiger partial charge in [0.25, 0.3) is 0 Å². The number of amides is 1. The molecule has 0 saturated heterocycles. The lowest BCUT2D eigenvalue weighted by Gasteiger charge is -2.05. The second-order valence-electron chi connectivity index (χ2n) is 4.84. The van der Waals surface area contributed by atoms with Crippen LogP contribution in [0.5, 0.6) is 0 Å². The summed E-state index contributed by atoms with van der Waals surface area (Å²) in [4.78, 5) is 35.7. The Kier molecular flexibility index (Phi) is 6.36. The number of hydrogen-bond acceptors (Lipinski definition) is 4. The zero-order valence-electron chi connectivity index (χ0n) is 12.3. The fraction of sp³-hybridized carbons (Fsp3) is 0.188. The first kappa shape index (κ1) is 18.4. The van der Waals surface area contributed by atoms with Gasteiger partial charge in [-0.3, -0.25) is 14.4 Å². The molecule has 2 N–H and O–H groups in total. The van der Waals surface area contributed by atoms with Crippen molar-refractivity contribution < 1.29 is 19.5 Å². The van der Waals surface area contributed by atoms with Gasteiger partial charge >= 0.3 is 5.97 Å². The largest absolute Gasteiger partial charge is 0.481 e. The molecule has 0 aliphatic rings. The van der Waals surface area contributed by atoms with Gasteiger partial charge in [-0.15, -0.1) is 22.9 Å². The normalized spacial score (nSPS) is 10.4. The van der Waals surface area contributed by atoms with Crippen molar-refractivity contribution in [3.8, 4) is 0 Å². The topological polar surface area (TPSA) is 83.5 Å². The molecule has 1 aromatic heterocycles. The molecule has 0 unspecified atom stereocenters. The standard InChI is InChI=1S/C16H13Cl2NO4S/c17-8-13(20)19-16-11(7-9(24-16)5-6-14(21)22)15(23)10-3-1-2-4-12(10)18/h1-4,7H,5-6,8H2,(H,19,20)(H,21,22). The number of rotatable bonds is 7. The lowest BCUT2D eigenvalue weighted by molar-refractivity contribution is -0.136. The van der Waals surface area contributed by atoms with Crippen molar-refractivity contribution in [3.63, 3.8) is 0 Å². The fourth-order valence-electron chi connectivity index (χ4n) is 2.01. The van der Waals surface area contributed by atoms with Crippen LogP contribution in [-0.2, 0) is 16.0 Å². The number of carboxylic acids is 1. The van der Waals surface area contributed by atoms with E-state index in [-0.39, 0.29) is 30.1 Å². The summed E-state index contributed by atoms with van der Waals surface area (Å²) in [5, 5.41) is 12.0. The van der Waals surface area contributed by atoms with Crippen LogP contribution >= 0.6 is 34.5 Å². The molecule has 0 spiro atoms. The fourth-order valence-corrected chi connectivity index (χ4v) is 3.37. The Morgan fingerprint density at radius 2 is 1.88 bits per heavy atom. The van der Waals surface area contributed by atoms with E-state index in [4.69, 9.17) is 28.3 Å². The molecule has 0 bridgehead atoms. The number of ketones is 1. The van der Waals surface area contributed by atoms with Crippen LogP contribution in [0.4, 0.5) is 5.00 Å². The summed E-state index contributed by atoms with van der Waals surface area (Å²) in [5.74, 6) is -1.98. The SMILES string of the molecule is O=C(O)CCc1cc(C(=O)c2ccccc2Cl)c(NC(=O)CCl)s1. The molecular weight excluding hydrogens is 373 g/mol. The minimum absolute atomic E-state index is 0.0663. The van der Waals surface area contributed by atoms with Gasteiger partial charge in [0.05, 0.1) is 17.0 Å². The smallest absolute Gasteiger partial charge is 0.303 e. The number of halogens is 2. The van der Waals surface area contributed by atoms with E-state index in [1.54, 1.807) is 30.3 Å². The molecule has 1 heterocycles. The van der Waals surface area contributed by atoms with Gasteiger partial charge in [0.15, 0.2) is 5.78 Å². The lowest BCUT2D eigenvalue weighted by Crippen LogP contribution is -2.14. The Hall–Kier alpha value is -1.89. The van der Waals surface area contributed by atoms with Crippen LogP contribution in [0.25, 0.3) is 0 Å². The highest BCUT2D eigenvalue weighted by atomic mass is 35.5. The lowest BCUT2D eigenvalue weighted by atomic mass is 10.0. The van der Waals surface area contributed by atoms with Gasteiger partial charge in [0.1, 0.15) is 10.9 Å². The maximum Gasteiger partial charge on any atom is 0.303 e. The molecule has 5 nitrogen and oxygen atoms in total. The number of aryl methyl sites for hydroxylation is 1. The Labute approximate surface area is 152 Å². The zero-order chi connectivity index (χ0) is 17.7. The first-order valence-corrected chi connectivity index (χ1v) is 8.64. The number of nitrogens with one attached hydrogen (secondary N) is 1. The quantitative estimate of drug-likeness (QED) is 0.560. The highest BCUT2D eigenvalue weighted by molar-refractivity contribution is 7.16. The van der Waals surface area contributed by atoms with E-state index in [1.807, 2.05) is 0 Å². The molecule has 0 atom stereocenters. The summed E-state index contributed by atoms with van der Waals surface area (Å²) < 4.78 is 0. The molecular formula is C16H13Cl2NO4S. The Morgan fingerprint density at radius 3 is 2.50 bits per heavy atom. The van der Waals surface area contributed by atoms with Crippen molar-refractivity contribution in [2.45, 2.75) is 12.8 Å². The van der Waals surface area contributed by atoms with Crippen LogP contribution in [0.2, 0.25) is 5.02 Å². The number of benzene rings is 1. The molecule has 24 heavy (non-hydrogen) atoms. The number of anilines is 1. The van der Waals surface area contributed by atoms with Crippen LogP contribution in [0, 0.1) is 0 Å². The van der Waals surface area contributed by atoms with Crippen LogP contribution in [0.3, 0.4) is 0 Å². The molecule has 0 fully saturated rings. The summed E-state index contributed by atoms with van der Waals surface area (Å²) in [7, 11) is 0. The number of aliphatic carboxylic acids is 1. The monoisotopic (exact) mass is 385 g/mol. The third kappa shape index (κ3) is 4.56. The summed E-state index contributed by atoms with van der Waals surface area (Å²) in [6.07, 6.45) is 0.197. The van der Waals surface area contributed by atoms with Gasteiger partial charge in [-0.2, -0.15) is 0 Å². The maximum absolute atomic E-state index is 12.7. The molecule has 0 aliphatic carbocycles. The number of alkyl halides is 1. The van der Waals surface area contributed by atoms with Gasteiger partial charge in [-0.1, -0.05) is 23.7 Å². The summed E-state index contributed by atoms with van der Waals surface area (Å²) in [5.41, 5.74) is 0.579. The predicted molar refractivity (Wildman–Crippen MR) is 94.5 cm³/mol. The average molecular weight is 386 g/mol. The Balaban J connectivity index is 2.38. The van der Waals surface area contributed by atoms with E-state index in [1.165, 1.54) is 0 Å². The summed E-state index contributed by atoms with van der Waals surface area (Å²) >= 11 is 12.7. The van der Waals surface area contributed by atoms with E-state index in [0.29, 0.717) is 20.5 Å². The number of carbonyl (C=O) groups is 3. The van der Waals surface area contributed by atoms with Crippen molar-refractivity contribution in [1.82, 2.24) is 0 Å². The van der Waals surface area contributed by atoms with E-state index in [2.05, 4.69) is 5.32 Å². The van der Waals surface area contributed by atoms with Crippen molar-refractivity contribution in [1.29, 1.82) is 0 Å². The Bertz CT molecular complexity index is 788. The van der Waals surface area contributed by atoms with E-state index >= 15 is 0 Å². The number of hydrogen-bond donors (Lipinski definition) is 2. The van der Waals surface area contributed by atoms with Crippen molar-refractivity contribution in [2.75, 3.05) is 11.2 Å². The highest BCUT2D eigenvalue weighted by Gasteiger charge is 2.21. The zero-order valence-corrected chi connectivity index (χ0v) is 14.7. The molecule has 1 aromatic carbocycles. The molecule has 0 radical (unpaired) electrons. The third-order valence-electron chi connectivity index (χ3n) is 3.11. The van der Waals surface area contributed by atoms with Gasteiger partial charge in [-0.25, -0.2) is 0 Å². The predicted octanol–water partition coefficient (Wildman–Crippen LogP) is 3.83. The molecule has 0 saturated carbocycles. The van der Waals surface area contributed by atoms with Crippen molar-refractivity contribution >= 4 is 57.2 Å². The molecule has 0 aliphatic heterocycles. The van der Waals surface area contributed by atoms with E-state index in [9.17, 15) is 14.4 Å². The second kappa shape index (κ2) is 8.28. The first-order chi connectivity index (χ1) is 11.4. The van der Waals surface area contributed by atoms with Crippen LogP contribution in [-0.4, -0.2) is 28.6 Å². The van der Waals surface area contributed by atoms with Gasteiger partial charge in [-0.05, 0) is 24.6 Å². The van der Waals surface area contributed by atoms with Gasteiger partial charge < -0.3 is 10.4 Å². The molecule has 8 heteroatoms. The summed E-state index contributed by atoms with van der Waals surface area (Å²) in [6, 6.07) is 8.17. The molecule has 2 aromatic rings. The number of thiophene rings is 1. The van der Waals surface area contributed by atoms with E-state index in [0.717, 1.165) is 11.3 Å². The molecule has 1 amide bonds. The van der Waals surface area contributed by atoms with Crippen LogP contribution < -0.4 is 5.32 Å². The molecule has 126 valence electrons. The van der Waals surface area contributed by atoms with Crippen LogP contribution in [0.15, 0.2) is 30.3 Å². The average Bonchev–Trinajstić information content (AvgIpc) is 2.95. The summed E-state index contributed by atoms with van der Waals surface area (Å²) in [6.45, 7) is 0. The van der Waals surface area contributed by atoms with Crippen molar-refractivity contribution in [3.05, 3.63) is 51.4 Å². The Morgan fingerprint density at radius 1 is 1.17 bits per heavy atom. The number of carbonyl (C=O) groups excluding carboxylic acids is 2. The highest BCUT2D eigenvalue weighted by Crippen LogP contribution is 2.32. The number of carboxylic acid groups (broad SMARTS) is 1. The van der Waals surface area contributed by atoms with Gasteiger partial charge in [0.2, 0.25) is 5.91 Å². The van der Waals surface area contributed by atoms with Crippen LogP contribution in [0.1, 0.15) is 27.2 Å². The van der Waals surface area contributed by atoms with Gasteiger partial charge in [0, 0.05) is 10.4 Å². The molecule has 2 rings (SSSR count). The minimum atomic E-state index is -0.936. The third-order valence-corrected chi connectivity index (χ3v) is 4.79. The van der Waals surface area contributed by atoms with Crippen molar-refractivity contribution in [2.24, 2.45) is 0 Å². The minimum Gasteiger partial charge on any atom is -0.481 e. The van der Waals surface area contributed by atoms with E-state index < -0.39 is 11.9 Å². The second-order valence-corrected chi connectivity index (χ2v) is 6.65. The maximum atomic E-state index is 12.7.